The molecule has 1 unspecified atom stereocenters. The van der Waals surface area contributed by atoms with Crippen LogP contribution in [0.3, 0.4) is 0 Å². The van der Waals surface area contributed by atoms with Crippen LogP contribution in [0.1, 0.15) is 39.5 Å². The van der Waals surface area contributed by atoms with Gasteiger partial charge in [-0.15, -0.1) is 0 Å². The molecule has 25 heavy (non-hydrogen) atoms. The van der Waals surface area contributed by atoms with Crippen molar-refractivity contribution in [3.05, 3.63) is 70.8 Å². The van der Waals surface area contributed by atoms with Crippen molar-refractivity contribution < 1.29 is 28.2 Å². The van der Waals surface area contributed by atoms with Gasteiger partial charge in [0, 0.05) is 19.2 Å². The number of carboxylic acids is 1. The highest BCUT2D eigenvalue weighted by Gasteiger charge is 2.30. The van der Waals surface area contributed by atoms with Crippen molar-refractivity contribution in [2.75, 3.05) is 6.61 Å². The molecule has 0 heterocycles. The first kappa shape index (κ1) is 19.0. The van der Waals surface area contributed by atoms with Crippen LogP contribution in [-0.2, 0) is 12.7 Å². The summed E-state index contributed by atoms with van der Waals surface area (Å²) in [6.07, 6.45) is -4.20. The van der Waals surface area contributed by atoms with Crippen molar-refractivity contribution in [1.82, 2.24) is 5.32 Å². The lowest BCUT2D eigenvalue weighted by Crippen LogP contribution is -2.22. The van der Waals surface area contributed by atoms with Crippen molar-refractivity contribution in [3.8, 4) is 0 Å². The summed E-state index contributed by atoms with van der Waals surface area (Å²) >= 11 is 0. The molecule has 0 aliphatic carbocycles. The van der Waals surface area contributed by atoms with Crippen LogP contribution in [0.4, 0.5) is 13.2 Å². The number of aromatic carboxylic acids is 1. The Hall–Kier alpha value is -2.38. The van der Waals surface area contributed by atoms with E-state index in [-0.39, 0.29) is 25.1 Å². The topological polar surface area (TPSA) is 69.6 Å². The molecule has 2 aromatic carbocycles. The largest absolute Gasteiger partial charge is 0.478 e. The molecule has 0 saturated carbocycles. The molecule has 0 radical (unpaired) electrons. The molecule has 0 spiro atoms. The van der Waals surface area contributed by atoms with E-state index in [0.717, 1.165) is 12.1 Å². The predicted molar refractivity (Wildman–Crippen MR) is 86.1 cm³/mol. The van der Waals surface area contributed by atoms with E-state index >= 15 is 0 Å². The smallest absolute Gasteiger partial charge is 0.416 e. The first-order valence-corrected chi connectivity index (χ1v) is 7.65. The Bertz CT molecular complexity index is 732. The lowest BCUT2D eigenvalue weighted by molar-refractivity contribution is -0.137. The highest BCUT2D eigenvalue weighted by Crippen LogP contribution is 2.31. The number of halogens is 3. The molecule has 0 aliphatic heterocycles. The molecule has 0 bridgehead atoms. The number of nitrogens with one attached hydrogen (secondary N) is 1. The molecule has 0 aromatic heterocycles. The third-order valence-corrected chi connectivity index (χ3v) is 3.76. The van der Waals surface area contributed by atoms with E-state index in [1.165, 1.54) is 18.2 Å². The van der Waals surface area contributed by atoms with Crippen LogP contribution in [0.15, 0.2) is 48.5 Å². The van der Waals surface area contributed by atoms with Crippen molar-refractivity contribution in [2.45, 2.75) is 25.2 Å². The summed E-state index contributed by atoms with van der Waals surface area (Å²) in [5.41, 5.74) is 0.493. The lowest BCUT2D eigenvalue weighted by atomic mass is 10.0. The first-order chi connectivity index (χ1) is 11.8. The van der Waals surface area contributed by atoms with Crippen molar-refractivity contribution in [1.29, 1.82) is 0 Å². The predicted octanol–water partition coefficient (Wildman–Crippen LogP) is 3.62. The Morgan fingerprint density at radius 3 is 2.48 bits per heavy atom. The van der Waals surface area contributed by atoms with Crippen LogP contribution >= 0.6 is 0 Å². The number of hydrogen-bond donors (Lipinski definition) is 3. The van der Waals surface area contributed by atoms with Crippen LogP contribution in [0.2, 0.25) is 0 Å². The average Bonchev–Trinajstić information content (AvgIpc) is 2.58. The molecule has 4 nitrogen and oxygen atoms in total. The monoisotopic (exact) mass is 353 g/mol. The molecule has 3 N–H and O–H groups in total. The number of rotatable bonds is 7. The highest BCUT2D eigenvalue weighted by atomic mass is 19.4. The van der Waals surface area contributed by atoms with E-state index in [0.29, 0.717) is 11.1 Å². The van der Waals surface area contributed by atoms with Gasteiger partial charge < -0.3 is 15.5 Å². The standard InChI is InChI=1S/C18H18F3NO3/c19-18(20,21)15-6-2-4-13(10-15)16(7-8-23)22-11-12-3-1-5-14(9-12)17(24)25/h1-6,9-10,16,22-23H,7-8,11H2,(H,24,25). The normalized spacial score (nSPS) is 12.8. The Morgan fingerprint density at radius 2 is 1.84 bits per heavy atom. The van der Waals surface area contributed by atoms with Gasteiger partial charge in [0.25, 0.3) is 0 Å². The third-order valence-electron chi connectivity index (χ3n) is 3.76. The zero-order chi connectivity index (χ0) is 18.4. The fraction of sp³-hybridized carbons (Fsp3) is 0.278. The molecule has 0 aliphatic rings. The van der Waals surface area contributed by atoms with Gasteiger partial charge >= 0.3 is 12.1 Å². The van der Waals surface area contributed by atoms with Crippen LogP contribution < -0.4 is 5.32 Å². The summed E-state index contributed by atoms with van der Waals surface area (Å²) in [6.45, 7) is 0.0745. The van der Waals surface area contributed by atoms with E-state index in [1.807, 2.05) is 0 Å². The van der Waals surface area contributed by atoms with E-state index in [2.05, 4.69) is 5.32 Å². The Morgan fingerprint density at radius 1 is 1.12 bits per heavy atom. The fourth-order valence-corrected chi connectivity index (χ4v) is 2.50. The van der Waals surface area contributed by atoms with Gasteiger partial charge in [-0.05, 0) is 41.8 Å². The number of carboxylic acid groups (broad SMARTS) is 1. The average molecular weight is 353 g/mol. The molecule has 7 heteroatoms. The van der Waals surface area contributed by atoms with E-state index in [1.54, 1.807) is 18.2 Å². The van der Waals surface area contributed by atoms with Gasteiger partial charge in [-0.3, -0.25) is 0 Å². The molecule has 0 amide bonds. The minimum Gasteiger partial charge on any atom is -0.478 e. The van der Waals surface area contributed by atoms with Gasteiger partial charge in [0.05, 0.1) is 11.1 Å². The summed E-state index contributed by atoms with van der Waals surface area (Å²) in [4.78, 5) is 11.0. The van der Waals surface area contributed by atoms with Crippen LogP contribution in [0.25, 0.3) is 0 Å². The van der Waals surface area contributed by atoms with E-state index < -0.39 is 23.8 Å². The lowest BCUT2D eigenvalue weighted by Gasteiger charge is -2.20. The number of hydrogen-bond acceptors (Lipinski definition) is 3. The minimum atomic E-state index is -4.43. The summed E-state index contributed by atoms with van der Waals surface area (Å²) in [6, 6.07) is 10.7. The van der Waals surface area contributed by atoms with Gasteiger partial charge in [-0.25, -0.2) is 4.79 Å². The molecule has 2 rings (SSSR count). The number of benzene rings is 2. The first-order valence-electron chi connectivity index (χ1n) is 7.65. The van der Waals surface area contributed by atoms with Crippen molar-refractivity contribution in [3.63, 3.8) is 0 Å². The number of alkyl halides is 3. The van der Waals surface area contributed by atoms with Crippen molar-refractivity contribution in [2.24, 2.45) is 0 Å². The number of aliphatic hydroxyl groups excluding tert-OH is 1. The summed E-state index contributed by atoms with van der Waals surface area (Å²) < 4.78 is 38.6. The Kier molecular flexibility index (Phi) is 6.17. The molecular formula is C18H18F3NO3. The molecule has 2 aromatic rings. The minimum absolute atomic E-state index is 0.136. The zero-order valence-electron chi connectivity index (χ0n) is 13.3. The van der Waals surface area contributed by atoms with Crippen molar-refractivity contribution >= 4 is 5.97 Å². The van der Waals surface area contributed by atoms with Crippen LogP contribution in [-0.4, -0.2) is 22.8 Å². The van der Waals surface area contributed by atoms with Gasteiger partial charge in [0.15, 0.2) is 0 Å². The maximum Gasteiger partial charge on any atom is 0.416 e. The van der Waals surface area contributed by atoms with Gasteiger partial charge in [-0.1, -0.05) is 24.3 Å². The maximum absolute atomic E-state index is 12.9. The Balaban J connectivity index is 2.16. The van der Waals surface area contributed by atoms with Crippen LogP contribution in [0.5, 0.6) is 0 Å². The van der Waals surface area contributed by atoms with E-state index in [4.69, 9.17) is 5.11 Å². The molecule has 0 saturated heterocycles. The molecular weight excluding hydrogens is 335 g/mol. The quantitative estimate of drug-likeness (QED) is 0.711. The summed E-state index contributed by atoms with van der Waals surface area (Å²) in [5.74, 6) is -1.05. The second-order valence-electron chi connectivity index (χ2n) is 5.57. The fourth-order valence-electron chi connectivity index (χ4n) is 2.50. The Labute approximate surface area is 142 Å². The summed E-state index contributed by atoms with van der Waals surface area (Å²) in [5, 5.41) is 21.3. The second-order valence-corrected chi connectivity index (χ2v) is 5.57. The number of aliphatic hydroxyl groups is 1. The highest BCUT2D eigenvalue weighted by molar-refractivity contribution is 5.87. The molecule has 134 valence electrons. The number of carbonyl (C=O) groups is 1. The van der Waals surface area contributed by atoms with Gasteiger partial charge in [0.2, 0.25) is 0 Å². The van der Waals surface area contributed by atoms with E-state index in [9.17, 15) is 23.1 Å². The maximum atomic E-state index is 12.9. The molecule has 0 fully saturated rings. The van der Waals surface area contributed by atoms with Gasteiger partial charge in [0.1, 0.15) is 0 Å². The summed E-state index contributed by atoms with van der Waals surface area (Å²) in [7, 11) is 0. The van der Waals surface area contributed by atoms with Crippen LogP contribution in [0, 0.1) is 0 Å². The third kappa shape index (κ3) is 5.30. The van der Waals surface area contributed by atoms with Gasteiger partial charge in [-0.2, -0.15) is 13.2 Å². The molecule has 1 atom stereocenters. The second kappa shape index (κ2) is 8.13. The zero-order valence-corrected chi connectivity index (χ0v) is 13.3. The SMILES string of the molecule is O=C(O)c1cccc(CNC(CCO)c2cccc(C(F)(F)F)c2)c1.